The lowest BCUT2D eigenvalue weighted by atomic mass is 10.1. The van der Waals surface area contributed by atoms with Crippen molar-refractivity contribution in [3.8, 4) is 0 Å². The van der Waals surface area contributed by atoms with Gasteiger partial charge in [0.25, 0.3) is 0 Å². The minimum absolute atomic E-state index is 0.210. The second-order valence-corrected chi connectivity index (χ2v) is 36.1. The van der Waals surface area contributed by atoms with Crippen LogP contribution < -0.4 is 0 Å². The number of rotatable bonds is 12. The van der Waals surface area contributed by atoms with Crippen LogP contribution in [0.4, 0.5) is 0 Å². The first-order valence-electron chi connectivity index (χ1n) is 12.0. The predicted octanol–water partition coefficient (Wildman–Crippen LogP) is 6.07. The molecule has 0 aromatic carbocycles. The lowest BCUT2D eigenvalue weighted by Crippen LogP contribution is -2.53. The molecule has 5 atom stereocenters. The summed E-state index contributed by atoms with van der Waals surface area (Å²) in [5.74, 6) is 0. The van der Waals surface area contributed by atoms with Gasteiger partial charge >= 0.3 is 0 Å². The Labute approximate surface area is 203 Å². The fourth-order valence-corrected chi connectivity index (χ4v) is 8.26. The Morgan fingerprint density at radius 3 is 1.38 bits per heavy atom. The molecule has 11 heteroatoms. The van der Waals surface area contributed by atoms with Crippen LogP contribution in [0.15, 0.2) is 0 Å². The summed E-state index contributed by atoms with van der Waals surface area (Å²) in [4.78, 5) is 0. The molecule has 192 valence electrons. The molecule has 0 bridgehead atoms. The van der Waals surface area contributed by atoms with Gasteiger partial charge in [-0.15, -0.1) is 0 Å². The van der Waals surface area contributed by atoms with E-state index in [2.05, 4.69) is 98.2 Å². The number of hydrogen-bond acceptors (Lipinski definition) is 6. The predicted molar refractivity (Wildman–Crippen MR) is 147 cm³/mol. The molecule has 0 amide bonds. The monoisotopic (exact) mass is 540 g/mol. The van der Waals surface area contributed by atoms with Crippen molar-refractivity contribution in [1.82, 2.24) is 0 Å². The average Bonchev–Trinajstić information content (AvgIpc) is 2.74. The molecule has 32 heavy (non-hydrogen) atoms. The highest BCUT2D eigenvalue weighted by Gasteiger charge is 2.54. The van der Waals surface area contributed by atoms with Crippen LogP contribution in [0.2, 0.25) is 98.2 Å². The van der Waals surface area contributed by atoms with Crippen molar-refractivity contribution in [3.05, 3.63) is 0 Å². The first-order valence-corrected chi connectivity index (χ1v) is 29.0. The third kappa shape index (κ3) is 12.5. The molecule has 1 aliphatic heterocycles. The molecule has 0 aliphatic carbocycles. The van der Waals surface area contributed by atoms with E-state index in [0.29, 0.717) is 6.61 Å². The highest BCUT2D eigenvalue weighted by Crippen LogP contribution is 2.36. The van der Waals surface area contributed by atoms with Gasteiger partial charge in [0.15, 0.2) is 47.9 Å². The third-order valence-electron chi connectivity index (χ3n) is 4.21. The van der Waals surface area contributed by atoms with E-state index in [-0.39, 0.29) is 24.4 Å². The van der Waals surface area contributed by atoms with E-state index in [1.807, 2.05) is 0 Å². The SMILES string of the molecule is C[Si](C)(C)OC[C@H](O[Si](C)(C)C)[C@H]1O[C@H](O[Si](C)(C)C)[C@H](O[Si](C)(C)C)[C@H]1O[Si](C)(C)C. The fraction of sp³-hybridized carbons (Fsp3) is 1.00. The first-order chi connectivity index (χ1) is 14.0. The van der Waals surface area contributed by atoms with Gasteiger partial charge in [-0.05, 0) is 98.2 Å². The third-order valence-corrected chi connectivity index (χ3v) is 9.15. The standard InChI is InChI=1S/C21H52O6Si5/c1-28(2,3)22-16-17(24-29(4,5)6)18-19(25-30(7,8)9)20(26-31(10,11)12)21(23-18)27-32(13,14)15/h17-21H,16H2,1-15H3/t17-,18+,19-,20+,21+/m0/s1. The van der Waals surface area contributed by atoms with E-state index in [9.17, 15) is 0 Å². The maximum atomic E-state index is 6.78. The zero-order valence-corrected chi connectivity index (χ0v) is 28.5. The summed E-state index contributed by atoms with van der Waals surface area (Å²) in [5.41, 5.74) is 0. The van der Waals surface area contributed by atoms with Crippen LogP contribution in [-0.4, -0.2) is 78.9 Å². The lowest BCUT2D eigenvalue weighted by Gasteiger charge is -2.38. The molecule has 1 fully saturated rings. The van der Waals surface area contributed by atoms with Crippen LogP contribution in [-0.2, 0) is 26.9 Å². The zero-order chi connectivity index (χ0) is 25.3. The van der Waals surface area contributed by atoms with Crippen LogP contribution in [0, 0.1) is 0 Å². The highest BCUT2D eigenvalue weighted by atomic mass is 28.4. The normalized spacial score (nSPS) is 27.1. The van der Waals surface area contributed by atoms with Crippen LogP contribution >= 0.6 is 0 Å². The van der Waals surface area contributed by atoms with Gasteiger partial charge in [-0.25, -0.2) is 0 Å². The summed E-state index contributed by atoms with van der Waals surface area (Å²) in [5, 5.41) is 0. The largest absolute Gasteiger partial charge is 0.415 e. The zero-order valence-electron chi connectivity index (χ0n) is 23.5. The Kier molecular flexibility index (Phi) is 10.5. The topological polar surface area (TPSA) is 55.4 Å². The molecule has 0 saturated carbocycles. The summed E-state index contributed by atoms with van der Waals surface area (Å²) in [6.07, 6.45) is -1.43. The van der Waals surface area contributed by atoms with Crippen LogP contribution in [0.5, 0.6) is 0 Å². The Morgan fingerprint density at radius 2 is 1.00 bits per heavy atom. The average molecular weight is 541 g/mol. The fourth-order valence-electron chi connectivity index (χ4n) is 3.45. The smallest absolute Gasteiger partial charge is 0.187 e. The number of hydrogen-bond donors (Lipinski definition) is 0. The molecule has 0 spiro atoms. The van der Waals surface area contributed by atoms with Gasteiger partial charge in [-0.3, -0.25) is 0 Å². The molecule has 6 nitrogen and oxygen atoms in total. The number of ether oxygens (including phenoxy) is 1. The molecule has 1 heterocycles. The van der Waals surface area contributed by atoms with Crippen LogP contribution in [0.25, 0.3) is 0 Å². The minimum Gasteiger partial charge on any atom is -0.415 e. The molecule has 0 aromatic heterocycles. The quantitative estimate of drug-likeness (QED) is 0.280. The first kappa shape index (κ1) is 30.9. The maximum Gasteiger partial charge on any atom is 0.187 e. The Balaban J connectivity index is 3.41. The molecule has 0 radical (unpaired) electrons. The Morgan fingerprint density at radius 1 is 0.562 bits per heavy atom. The highest BCUT2D eigenvalue weighted by molar-refractivity contribution is 6.71. The minimum atomic E-state index is -1.90. The van der Waals surface area contributed by atoms with Gasteiger partial charge in [-0.2, -0.15) is 0 Å². The maximum absolute atomic E-state index is 6.78. The van der Waals surface area contributed by atoms with Gasteiger partial charge in [0.05, 0.1) is 12.7 Å². The van der Waals surface area contributed by atoms with E-state index in [1.165, 1.54) is 0 Å². The van der Waals surface area contributed by atoms with Gasteiger partial charge in [0, 0.05) is 0 Å². The van der Waals surface area contributed by atoms with E-state index in [4.69, 9.17) is 26.9 Å². The van der Waals surface area contributed by atoms with Gasteiger partial charge < -0.3 is 26.9 Å². The van der Waals surface area contributed by atoms with Crippen molar-refractivity contribution >= 4 is 41.6 Å². The van der Waals surface area contributed by atoms with Gasteiger partial charge in [-0.1, -0.05) is 0 Å². The van der Waals surface area contributed by atoms with Crippen LogP contribution in [0.3, 0.4) is 0 Å². The van der Waals surface area contributed by atoms with Crippen molar-refractivity contribution in [2.45, 2.75) is 129 Å². The molecular weight excluding hydrogens is 489 g/mol. The second kappa shape index (κ2) is 10.8. The molecular formula is C21H52O6Si5. The molecule has 0 unspecified atom stereocenters. The Hall–Kier alpha value is 0.844. The van der Waals surface area contributed by atoms with Crippen molar-refractivity contribution in [2.75, 3.05) is 6.61 Å². The van der Waals surface area contributed by atoms with E-state index < -0.39 is 47.9 Å². The van der Waals surface area contributed by atoms with E-state index in [0.717, 1.165) is 0 Å². The van der Waals surface area contributed by atoms with Crippen molar-refractivity contribution in [1.29, 1.82) is 0 Å². The Bertz CT molecular complexity index is 586. The summed E-state index contributed by atoms with van der Waals surface area (Å²) in [7, 11) is -9.25. The second-order valence-electron chi connectivity index (χ2n) is 13.8. The lowest BCUT2D eigenvalue weighted by molar-refractivity contribution is -0.134. The summed E-state index contributed by atoms with van der Waals surface area (Å²) < 4.78 is 39.7. The van der Waals surface area contributed by atoms with Gasteiger partial charge in [0.2, 0.25) is 0 Å². The van der Waals surface area contributed by atoms with Gasteiger partial charge in [0.1, 0.15) is 18.3 Å². The summed E-state index contributed by atoms with van der Waals surface area (Å²) >= 11 is 0. The van der Waals surface area contributed by atoms with Crippen molar-refractivity contribution in [2.24, 2.45) is 0 Å². The summed E-state index contributed by atoms with van der Waals surface area (Å²) in [6, 6.07) is 0. The molecule has 0 N–H and O–H groups in total. The van der Waals surface area contributed by atoms with Crippen LogP contribution in [0.1, 0.15) is 0 Å². The van der Waals surface area contributed by atoms with Crippen molar-refractivity contribution in [3.63, 3.8) is 0 Å². The molecule has 0 aromatic rings. The van der Waals surface area contributed by atoms with Crippen molar-refractivity contribution < 1.29 is 26.9 Å². The molecule has 1 rings (SSSR count). The summed E-state index contributed by atoms with van der Waals surface area (Å²) in [6.45, 7) is 33.6. The van der Waals surface area contributed by atoms with E-state index in [1.54, 1.807) is 0 Å². The van der Waals surface area contributed by atoms with E-state index >= 15 is 0 Å². The molecule has 1 aliphatic rings. The molecule has 1 saturated heterocycles.